The molecule has 0 spiro atoms. The van der Waals surface area contributed by atoms with Crippen molar-refractivity contribution in [1.82, 2.24) is 10.2 Å². The molecule has 2 amide bonds. The van der Waals surface area contributed by atoms with E-state index in [0.29, 0.717) is 43.4 Å². The van der Waals surface area contributed by atoms with Crippen LogP contribution in [0.25, 0.3) is 0 Å². The predicted molar refractivity (Wildman–Crippen MR) is 109 cm³/mol. The van der Waals surface area contributed by atoms with Gasteiger partial charge in [0, 0.05) is 24.6 Å². The molecule has 2 aromatic carbocycles. The fourth-order valence-electron chi connectivity index (χ4n) is 4.03. The van der Waals surface area contributed by atoms with Crippen LogP contribution in [0.15, 0.2) is 55.1 Å². The van der Waals surface area contributed by atoms with Gasteiger partial charge in [0.25, 0.3) is 0 Å². The summed E-state index contributed by atoms with van der Waals surface area (Å²) >= 11 is 0. The topological polar surface area (TPSA) is 67.9 Å². The highest BCUT2D eigenvalue weighted by atomic mass is 19.1. The van der Waals surface area contributed by atoms with Crippen molar-refractivity contribution in [3.63, 3.8) is 0 Å². The van der Waals surface area contributed by atoms with Crippen molar-refractivity contribution in [1.29, 1.82) is 0 Å². The van der Waals surface area contributed by atoms with Crippen molar-refractivity contribution in [3.8, 4) is 11.5 Å². The monoisotopic (exact) mass is 410 g/mol. The second kappa shape index (κ2) is 8.57. The van der Waals surface area contributed by atoms with Gasteiger partial charge in [0.15, 0.2) is 11.5 Å². The molecule has 156 valence electrons. The summed E-state index contributed by atoms with van der Waals surface area (Å²) in [6, 6.07) is 11.5. The molecule has 0 radical (unpaired) electrons. The molecule has 2 atom stereocenters. The summed E-state index contributed by atoms with van der Waals surface area (Å²) < 4.78 is 25.7. The number of nitrogens with zero attached hydrogens (tertiary/aromatic N) is 1. The average Bonchev–Trinajstić information content (AvgIpc) is 3.18. The largest absolute Gasteiger partial charge is 0.486 e. The molecule has 6 nitrogen and oxygen atoms in total. The lowest BCUT2D eigenvalue weighted by Crippen LogP contribution is -2.40. The normalized spacial score (nSPS) is 20.0. The minimum absolute atomic E-state index is 0.116. The average molecular weight is 410 g/mol. The van der Waals surface area contributed by atoms with Crippen LogP contribution in [0.2, 0.25) is 0 Å². The van der Waals surface area contributed by atoms with E-state index < -0.39 is 6.04 Å². The zero-order valence-electron chi connectivity index (χ0n) is 16.5. The van der Waals surface area contributed by atoms with Crippen LogP contribution < -0.4 is 14.8 Å². The van der Waals surface area contributed by atoms with Gasteiger partial charge in [-0.3, -0.25) is 9.59 Å². The van der Waals surface area contributed by atoms with Crippen LogP contribution in [0.5, 0.6) is 11.5 Å². The highest BCUT2D eigenvalue weighted by Crippen LogP contribution is 2.35. The maximum Gasteiger partial charge on any atom is 0.243 e. The lowest BCUT2D eigenvalue weighted by atomic mass is 9.94. The SMILES string of the molecule is C=CC(=O)N[C@@H]1CN(C(=O)Cc2cccc3c2OCCO3)C[C@H]1c1ccccc1F. The number of rotatable bonds is 5. The number of hydrogen-bond donors (Lipinski definition) is 1. The molecular formula is C23H23FN2O4. The van der Waals surface area contributed by atoms with E-state index in [0.717, 1.165) is 5.56 Å². The Morgan fingerprint density at radius 3 is 2.73 bits per heavy atom. The Morgan fingerprint density at radius 2 is 1.93 bits per heavy atom. The third-order valence-electron chi connectivity index (χ3n) is 5.48. The van der Waals surface area contributed by atoms with E-state index in [9.17, 15) is 14.0 Å². The van der Waals surface area contributed by atoms with Gasteiger partial charge in [-0.05, 0) is 23.8 Å². The van der Waals surface area contributed by atoms with Gasteiger partial charge in [0.05, 0.1) is 12.5 Å². The Kier molecular flexibility index (Phi) is 5.70. The number of carbonyl (C=O) groups excluding carboxylic acids is 2. The molecule has 1 fully saturated rings. The first-order chi connectivity index (χ1) is 14.6. The number of para-hydroxylation sites is 1. The Hall–Kier alpha value is -3.35. The number of amides is 2. The van der Waals surface area contributed by atoms with Gasteiger partial charge >= 0.3 is 0 Å². The minimum Gasteiger partial charge on any atom is -0.486 e. The van der Waals surface area contributed by atoms with E-state index in [-0.39, 0.29) is 30.0 Å². The van der Waals surface area contributed by atoms with Gasteiger partial charge in [0.2, 0.25) is 11.8 Å². The molecule has 2 aliphatic rings. The van der Waals surface area contributed by atoms with Gasteiger partial charge in [-0.2, -0.15) is 0 Å². The molecule has 0 saturated carbocycles. The van der Waals surface area contributed by atoms with Crippen molar-refractivity contribution >= 4 is 11.8 Å². The first kappa shape index (κ1) is 19.9. The molecule has 2 aromatic rings. The fraction of sp³-hybridized carbons (Fsp3) is 0.304. The molecule has 1 saturated heterocycles. The first-order valence-electron chi connectivity index (χ1n) is 9.89. The van der Waals surface area contributed by atoms with Crippen molar-refractivity contribution in [2.75, 3.05) is 26.3 Å². The summed E-state index contributed by atoms with van der Waals surface area (Å²) in [6.45, 7) is 5.00. The maximum atomic E-state index is 14.4. The number of halogens is 1. The Morgan fingerprint density at radius 1 is 1.13 bits per heavy atom. The lowest BCUT2D eigenvalue weighted by molar-refractivity contribution is -0.129. The smallest absolute Gasteiger partial charge is 0.243 e. The summed E-state index contributed by atoms with van der Waals surface area (Å²) in [5, 5.41) is 2.84. The molecule has 0 unspecified atom stereocenters. The van der Waals surface area contributed by atoms with Gasteiger partial charge in [-0.25, -0.2) is 4.39 Å². The zero-order valence-corrected chi connectivity index (χ0v) is 16.5. The van der Waals surface area contributed by atoms with E-state index in [2.05, 4.69) is 11.9 Å². The molecule has 4 rings (SSSR count). The fourth-order valence-corrected chi connectivity index (χ4v) is 4.03. The van der Waals surface area contributed by atoms with Gasteiger partial charge in [-0.15, -0.1) is 0 Å². The van der Waals surface area contributed by atoms with Crippen LogP contribution in [0, 0.1) is 5.82 Å². The number of ether oxygens (including phenoxy) is 2. The predicted octanol–water partition coefficient (Wildman–Crippen LogP) is 2.44. The number of likely N-dealkylation sites (tertiary alicyclic amines) is 1. The first-order valence-corrected chi connectivity index (χ1v) is 9.89. The molecular weight excluding hydrogens is 387 g/mol. The molecule has 2 aliphatic heterocycles. The van der Waals surface area contributed by atoms with Crippen molar-refractivity contribution in [2.45, 2.75) is 18.4 Å². The van der Waals surface area contributed by atoms with Crippen LogP contribution in [0.1, 0.15) is 17.0 Å². The van der Waals surface area contributed by atoms with E-state index in [1.807, 2.05) is 18.2 Å². The summed E-state index contributed by atoms with van der Waals surface area (Å²) in [4.78, 5) is 26.6. The second-order valence-corrected chi connectivity index (χ2v) is 7.36. The van der Waals surface area contributed by atoms with Crippen LogP contribution in [0.3, 0.4) is 0 Å². The summed E-state index contributed by atoms with van der Waals surface area (Å²) in [5.41, 5.74) is 1.23. The second-order valence-electron chi connectivity index (χ2n) is 7.36. The Bertz CT molecular complexity index is 977. The van der Waals surface area contributed by atoms with E-state index >= 15 is 0 Å². The third kappa shape index (κ3) is 4.01. The molecule has 2 heterocycles. The van der Waals surface area contributed by atoms with E-state index in [4.69, 9.17) is 9.47 Å². The molecule has 1 N–H and O–H groups in total. The number of benzene rings is 2. The quantitative estimate of drug-likeness (QED) is 0.769. The lowest BCUT2D eigenvalue weighted by Gasteiger charge is -2.22. The number of hydrogen-bond acceptors (Lipinski definition) is 4. The van der Waals surface area contributed by atoms with Crippen molar-refractivity contribution in [2.24, 2.45) is 0 Å². The van der Waals surface area contributed by atoms with Gasteiger partial charge in [-0.1, -0.05) is 36.9 Å². The molecule has 30 heavy (non-hydrogen) atoms. The van der Waals surface area contributed by atoms with E-state index in [1.54, 1.807) is 23.1 Å². The van der Waals surface area contributed by atoms with Crippen LogP contribution >= 0.6 is 0 Å². The zero-order chi connectivity index (χ0) is 21.1. The van der Waals surface area contributed by atoms with Gasteiger partial charge in [0.1, 0.15) is 19.0 Å². The standard InChI is InChI=1S/C23H23FN2O4/c1-2-21(27)25-19-14-26(13-17(19)16-7-3-4-8-18(16)24)22(28)12-15-6-5-9-20-23(15)30-11-10-29-20/h2-9,17,19H,1,10-14H2,(H,25,27)/t17-,19+/m0/s1. The minimum atomic E-state index is -0.402. The van der Waals surface area contributed by atoms with Crippen molar-refractivity contribution < 1.29 is 23.5 Å². The Balaban J connectivity index is 1.54. The Labute approximate surface area is 174 Å². The summed E-state index contributed by atoms with van der Waals surface area (Å²) in [6.07, 6.45) is 1.31. The summed E-state index contributed by atoms with van der Waals surface area (Å²) in [7, 11) is 0. The molecule has 0 aromatic heterocycles. The number of nitrogens with one attached hydrogen (secondary N) is 1. The van der Waals surface area contributed by atoms with Crippen molar-refractivity contribution in [3.05, 3.63) is 72.1 Å². The number of fused-ring (bicyclic) bond motifs is 1. The van der Waals surface area contributed by atoms with Gasteiger partial charge < -0.3 is 19.7 Å². The van der Waals surface area contributed by atoms with Crippen LogP contribution in [-0.2, 0) is 16.0 Å². The van der Waals surface area contributed by atoms with E-state index in [1.165, 1.54) is 12.1 Å². The van der Waals surface area contributed by atoms with Crippen LogP contribution in [-0.4, -0.2) is 49.1 Å². The molecule has 0 aliphatic carbocycles. The number of carbonyl (C=O) groups is 2. The maximum absolute atomic E-state index is 14.4. The highest BCUT2D eigenvalue weighted by Gasteiger charge is 2.38. The third-order valence-corrected chi connectivity index (χ3v) is 5.48. The highest BCUT2D eigenvalue weighted by molar-refractivity contribution is 5.87. The summed E-state index contributed by atoms with van der Waals surface area (Å²) in [5.74, 6) is 0.0695. The van der Waals surface area contributed by atoms with Crippen LogP contribution in [0.4, 0.5) is 4.39 Å². The molecule has 0 bridgehead atoms. The molecule has 7 heteroatoms.